The monoisotopic (exact) mass is 312 g/mol. The topological polar surface area (TPSA) is 65.9 Å². The average Bonchev–Trinajstić information content (AvgIpc) is 2.90. The number of piperidine rings is 1. The van der Waals surface area contributed by atoms with E-state index >= 15 is 0 Å². The van der Waals surface area contributed by atoms with Crippen LogP contribution in [0.4, 0.5) is 10.8 Å². The largest absolute Gasteiger partial charge is 0.389 e. The van der Waals surface area contributed by atoms with Crippen molar-refractivity contribution in [3.8, 4) is 6.07 Å². The average molecular weight is 312 g/mol. The number of pyridine rings is 1. The molecule has 1 aliphatic carbocycles. The molecular weight excluding hydrogens is 292 g/mol. The highest BCUT2D eigenvalue weighted by molar-refractivity contribution is 7.22. The molecule has 0 atom stereocenters. The number of hydrogen-bond acceptors (Lipinski definition) is 5. The fourth-order valence-corrected chi connectivity index (χ4v) is 4.78. The van der Waals surface area contributed by atoms with Crippen LogP contribution in [0.15, 0.2) is 0 Å². The van der Waals surface area contributed by atoms with Gasteiger partial charge in [-0.3, -0.25) is 0 Å². The maximum Gasteiger partial charge on any atom is 0.133 e. The van der Waals surface area contributed by atoms with Crippen molar-refractivity contribution in [2.75, 3.05) is 23.7 Å². The molecule has 114 valence electrons. The minimum atomic E-state index is 0.619. The summed E-state index contributed by atoms with van der Waals surface area (Å²) in [6, 6.07) is 2.30. The Bertz CT molecular complexity index is 765. The molecule has 2 aliphatic rings. The zero-order valence-electron chi connectivity index (χ0n) is 12.7. The number of aryl methyl sites for hydroxylation is 1. The molecule has 0 spiro atoms. The molecule has 3 heterocycles. The lowest BCUT2D eigenvalue weighted by molar-refractivity contribution is 0.569. The van der Waals surface area contributed by atoms with Gasteiger partial charge in [-0.25, -0.2) is 4.98 Å². The van der Waals surface area contributed by atoms with E-state index in [4.69, 9.17) is 10.7 Å². The fraction of sp³-hybridized carbons (Fsp3) is 0.529. The summed E-state index contributed by atoms with van der Waals surface area (Å²) in [5.41, 5.74) is 9.45. The maximum atomic E-state index is 9.46. The fourth-order valence-electron chi connectivity index (χ4n) is 3.86. The standard InChI is InChI=1S/C17H20N4S/c18-10-13-14-11-6-2-3-7-12(11)16(20-17(14)22-15(13)19)21-8-4-1-5-9-21/h1-9,19H2. The summed E-state index contributed by atoms with van der Waals surface area (Å²) >= 11 is 1.47. The van der Waals surface area contributed by atoms with Crippen LogP contribution in [-0.2, 0) is 12.8 Å². The van der Waals surface area contributed by atoms with Crippen molar-refractivity contribution in [3.63, 3.8) is 0 Å². The van der Waals surface area contributed by atoms with Crippen molar-refractivity contribution in [1.29, 1.82) is 5.26 Å². The quantitative estimate of drug-likeness (QED) is 0.873. The first-order valence-corrected chi connectivity index (χ1v) is 9.00. The highest BCUT2D eigenvalue weighted by Gasteiger charge is 2.26. The Balaban J connectivity index is 1.96. The van der Waals surface area contributed by atoms with E-state index in [1.165, 1.54) is 60.4 Å². The van der Waals surface area contributed by atoms with Gasteiger partial charge in [0.15, 0.2) is 0 Å². The van der Waals surface area contributed by atoms with Gasteiger partial charge >= 0.3 is 0 Å². The molecule has 0 unspecified atom stereocenters. The summed E-state index contributed by atoms with van der Waals surface area (Å²) in [6.45, 7) is 2.22. The van der Waals surface area contributed by atoms with Crippen molar-refractivity contribution in [2.24, 2.45) is 0 Å². The van der Waals surface area contributed by atoms with E-state index in [0.29, 0.717) is 10.6 Å². The van der Waals surface area contributed by atoms with Gasteiger partial charge < -0.3 is 10.6 Å². The Morgan fingerprint density at radius 2 is 1.77 bits per heavy atom. The first kappa shape index (κ1) is 13.8. The van der Waals surface area contributed by atoms with Crippen LogP contribution in [0.5, 0.6) is 0 Å². The minimum absolute atomic E-state index is 0.619. The Labute approximate surface area is 134 Å². The van der Waals surface area contributed by atoms with Gasteiger partial charge in [0.05, 0.1) is 5.56 Å². The number of hydrogen-bond donors (Lipinski definition) is 1. The molecule has 1 fully saturated rings. The number of aromatic nitrogens is 1. The summed E-state index contributed by atoms with van der Waals surface area (Å²) in [6.07, 6.45) is 8.40. The summed E-state index contributed by atoms with van der Waals surface area (Å²) in [5, 5.41) is 11.1. The van der Waals surface area contributed by atoms with Crippen LogP contribution in [0, 0.1) is 11.3 Å². The molecule has 5 heteroatoms. The predicted octanol–water partition coefficient (Wildman–Crippen LogP) is 3.62. The molecule has 0 bridgehead atoms. The molecule has 1 aliphatic heterocycles. The number of nitrogen functional groups attached to an aromatic ring is 1. The van der Waals surface area contributed by atoms with E-state index in [9.17, 15) is 5.26 Å². The lowest BCUT2D eigenvalue weighted by atomic mass is 9.89. The van der Waals surface area contributed by atoms with Crippen LogP contribution in [0.1, 0.15) is 48.8 Å². The normalized spacial score (nSPS) is 18.2. The van der Waals surface area contributed by atoms with Gasteiger partial charge in [-0.1, -0.05) is 11.3 Å². The van der Waals surface area contributed by atoms with Gasteiger partial charge in [-0.15, -0.1) is 0 Å². The molecule has 22 heavy (non-hydrogen) atoms. The van der Waals surface area contributed by atoms with Crippen LogP contribution in [-0.4, -0.2) is 18.1 Å². The second-order valence-electron chi connectivity index (χ2n) is 6.28. The van der Waals surface area contributed by atoms with Crippen LogP contribution >= 0.6 is 11.3 Å². The van der Waals surface area contributed by atoms with Gasteiger partial charge in [0, 0.05) is 18.5 Å². The van der Waals surface area contributed by atoms with Gasteiger partial charge in [0.2, 0.25) is 0 Å². The number of anilines is 2. The molecule has 0 amide bonds. The number of nitrogens with two attached hydrogens (primary N) is 1. The molecule has 2 aromatic rings. The SMILES string of the molecule is N#Cc1c(N)sc2nc(N3CCCCC3)c3c(c12)CCCC3. The molecule has 0 saturated carbocycles. The van der Waals surface area contributed by atoms with Gasteiger partial charge in [-0.2, -0.15) is 5.26 Å². The maximum absolute atomic E-state index is 9.46. The molecule has 1 saturated heterocycles. The van der Waals surface area contributed by atoms with Crippen molar-refractivity contribution in [3.05, 3.63) is 16.7 Å². The highest BCUT2D eigenvalue weighted by atomic mass is 32.1. The van der Waals surface area contributed by atoms with E-state index in [-0.39, 0.29) is 0 Å². The summed E-state index contributed by atoms with van der Waals surface area (Å²) in [7, 11) is 0. The Kier molecular flexibility index (Phi) is 3.42. The molecule has 2 aromatic heterocycles. The lowest BCUT2D eigenvalue weighted by Gasteiger charge is -2.31. The molecule has 0 aromatic carbocycles. The summed E-state index contributed by atoms with van der Waals surface area (Å²) in [5.74, 6) is 1.17. The van der Waals surface area contributed by atoms with E-state index in [0.717, 1.165) is 36.1 Å². The highest BCUT2D eigenvalue weighted by Crippen LogP contribution is 2.41. The van der Waals surface area contributed by atoms with Crippen molar-refractivity contribution >= 4 is 32.4 Å². The number of nitrogens with zero attached hydrogens (tertiary/aromatic N) is 3. The van der Waals surface area contributed by atoms with Crippen molar-refractivity contribution < 1.29 is 0 Å². The third-order valence-electron chi connectivity index (χ3n) is 4.93. The Hall–Kier alpha value is -1.80. The van der Waals surface area contributed by atoms with Gasteiger partial charge in [0.1, 0.15) is 21.7 Å². The van der Waals surface area contributed by atoms with Crippen LogP contribution in [0.3, 0.4) is 0 Å². The van der Waals surface area contributed by atoms with Gasteiger partial charge in [-0.05, 0) is 56.1 Å². The smallest absolute Gasteiger partial charge is 0.133 e. The molecule has 4 rings (SSSR count). The molecule has 4 nitrogen and oxygen atoms in total. The Morgan fingerprint density at radius 1 is 1.05 bits per heavy atom. The van der Waals surface area contributed by atoms with E-state index < -0.39 is 0 Å². The van der Waals surface area contributed by atoms with Crippen LogP contribution in [0.2, 0.25) is 0 Å². The number of nitriles is 1. The molecular formula is C17H20N4S. The first-order chi connectivity index (χ1) is 10.8. The third kappa shape index (κ3) is 2.05. The molecule has 2 N–H and O–H groups in total. The second kappa shape index (κ2) is 5.44. The number of thiophene rings is 1. The summed E-state index contributed by atoms with van der Waals surface area (Å²) < 4.78 is 0. The Morgan fingerprint density at radius 3 is 2.50 bits per heavy atom. The minimum Gasteiger partial charge on any atom is -0.389 e. The van der Waals surface area contributed by atoms with Crippen molar-refractivity contribution in [2.45, 2.75) is 44.9 Å². The molecule has 0 radical (unpaired) electrons. The van der Waals surface area contributed by atoms with Crippen LogP contribution < -0.4 is 10.6 Å². The van der Waals surface area contributed by atoms with Crippen LogP contribution in [0.25, 0.3) is 10.2 Å². The predicted molar refractivity (Wildman–Crippen MR) is 91.5 cm³/mol. The second-order valence-corrected chi connectivity index (χ2v) is 7.31. The number of fused-ring (bicyclic) bond motifs is 3. The zero-order chi connectivity index (χ0) is 15.1. The van der Waals surface area contributed by atoms with E-state index in [1.54, 1.807) is 0 Å². The first-order valence-electron chi connectivity index (χ1n) is 8.18. The summed E-state index contributed by atoms with van der Waals surface area (Å²) in [4.78, 5) is 8.36. The zero-order valence-corrected chi connectivity index (χ0v) is 13.5. The third-order valence-corrected chi connectivity index (χ3v) is 5.84. The van der Waals surface area contributed by atoms with E-state index in [2.05, 4.69) is 11.0 Å². The van der Waals surface area contributed by atoms with E-state index in [1.807, 2.05) is 0 Å². The van der Waals surface area contributed by atoms with Crippen molar-refractivity contribution in [1.82, 2.24) is 4.98 Å². The lowest BCUT2D eigenvalue weighted by Crippen LogP contribution is -2.31. The number of rotatable bonds is 1. The van der Waals surface area contributed by atoms with Gasteiger partial charge in [0.25, 0.3) is 0 Å².